The van der Waals surface area contributed by atoms with Gasteiger partial charge in [-0.05, 0) is 12.1 Å². The molecule has 10 heteroatoms. The van der Waals surface area contributed by atoms with E-state index in [-0.39, 0.29) is 23.6 Å². The van der Waals surface area contributed by atoms with Gasteiger partial charge in [0.15, 0.2) is 10.3 Å². The molecule has 0 spiro atoms. The summed E-state index contributed by atoms with van der Waals surface area (Å²) in [6, 6.07) is 3.73. The zero-order chi connectivity index (χ0) is 15.7. The first-order chi connectivity index (χ1) is 10.6. The van der Waals surface area contributed by atoms with E-state index in [2.05, 4.69) is 20.6 Å². The summed E-state index contributed by atoms with van der Waals surface area (Å²) in [6.45, 7) is 0. The maximum Gasteiger partial charge on any atom is 0.241 e. The van der Waals surface area contributed by atoms with Gasteiger partial charge < -0.3 is 10.6 Å². The first-order valence-electron chi connectivity index (χ1n) is 6.02. The number of carbonyl (C=O) groups is 2. The standard InChI is InChI=1S/C12H8Cl2N4O2S2/c13-3-9(19)17-11-15-5-1-7-6(2-8(5)22-11)16-12(21-7)18-10(20)4-14/h1-2H,3-4H2,(H,15,17,19)(H,16,18,20). The third kappa shape index (κ3) is 3.14. The van der Waals surface area contributed by atoms with Crippen LogP contribution in [0.25, 0.3) is 20.4 Å². The van der Waals surface area contributed by atoms with Crippen LogP contribution < -0.4 is 10.6 Å². The van der Waals surface area contributed by atoms with Crippen molar-refractivity contribution in [3.05, 3.63) is 12.1 Å². The van der Waals surface area contributed by atoms with Crippen LogP contribution in [0.4, 0.5) is 10.3 Å². The second-order valence-corrected chi connectivity index (χ2v) is 6.79. The minimum absolute atomic E-state index is 0.115. The van der Waals surface area contributed by atoms with E-state index in [1.807, 2.05) is 12.1 Å². The van der Waals surface area contributed by atoms with Crippen LogP contribution in [0.3, 0.4) is 0 Å². The van der Waals surface area contributed by atoms with Gasteiger partial charge in [0.1, 0.15) is 11.8 Å². The summed E-state index contributed by atoms with van der Waals surface area (Å²) in [6.07, 6.45) is 0. The summed E-state index contributed by atoms with van der Waals surface area (Å²) in [5.41, 5.74) is 1.50. The van der Waals surface area contributed by atoms with Crippen molar-refractivity contribution in [3.8, 4) is 0 Å². The maximum atomic E-state index is 11.3. The van der Waals surface area contributed by atoms with E-state index in [0.717, 1.165) is 20.4 Å². The van der Waals surface area contributed by atoms with Gasteiger partial charge >= 0.3 is 0 Å². The van der Waals surface area contributed by atoms with Crippen molar-refractivity contribution < 1.29 is 9.59 Å². The van der Waals surface area contributed by atoms with Crippen LogP contribution in [0.15, 0.2) is 12.1 Å². The van der Waals surface area contributed by atoms with Gasteiger partial charge in [0.25, 0.3) is 0 Å². The second kappa shape index (κ2) is 6.33. The smallest absolute Gasteiger partial charge is 0.241 e. The average molecular weight is 375 g/mol. The van der Waals surface area contributed by atoms with Crippen LogP contribution in [-0.4, -0.2) is 33.5 Å². The highest BCUT2D eigenvalue weighted by Gasteiger charge is 2.12. The monoisotopic (exact) mass is 374 g/mol. The number of nitrogens with zero attached hydrogens (tertiary/aromatic N) is 2. The number of carbonyl (C=O) groups excluding carboxylic acids is 2. The lowest BCUT2D eigenvalue weighted by Crippen LogP contribution is -2.11. The molecule has 0 aliphatic carbocycles. The lowest BCUT2D eigenvalue weighted by Gasteiger charge is -1.94. The van der Waals surface area contributed by atoms with Crippen molar-refractivity contribution >= 4 is 88.4 Å². The van der Waals surface area contributed by atoms with E-state index < -0.39 is 0 Å². The van der Waals surface area contributed by atoms with Crippen molar-refractivity contribution in [1.29, 1.82) is 0 Å². The number of halogens is 2. The molecule has 0 fully saturated rings. The number of benzene rings is 1. The van der Waals surface area contributed by atoms with Crippen LogP contribution >= 0.6 is 45.9 Å². The molecule has 0 aliphatic heterocycles. The Balaban J connectivity index is 1.94. The summed E-state index contributed by atoms with van der Waals surface area (Å²) in [5, 5.41) is 6.23. The van der Waals surface area contributed by atoms with Gasteiger partial charge in [-0.2, -0.15) is 0 Å². The summed E-state index contributed by atoms with van der Waals surface area (Å²) in [5.74, 6) is -0.828. The molecule has 0 radical (unpaired) electrons. The summed E-state index contributed by atoms with van der Waals surface area (Å²) >= 11 is 13.6. The Bertz CT molecular complexity index is 758. The summed E-state index contributed by atoms with van der Waals surface area (Å²) in [7, 11) is 0. The van der Waals surface area contributed by atoms with Crippen LogP contribution in [0.2, 0.25) is 0 Å². The Morgan fingerprint density at radius 1 is 0.909 bits per heavy atom. The van der Waals surface area contributed by atoms with E-state index >= 15 is 0 Å². The third-order valence-electron chi connectivity index (χ3n) is 2.63. The van der Waals surface area contributed by atoms with E-state index in [9.17, 15) is 9.59 Å². The number of anilines is 2. The Morgan fingerprint density at radius 2 is 1.32 bits per heavy atom. The fraction of sp³-hybridized carbons (Fsp3) is 0.167. The van der Waals surface area contributed by atoms with E-state index in [0.29, 0.717) is 10.3 Å². The molecule has 22 heavy (non-hydrogen) atoms. The molecule has 114 valence electrons. The van der Waals surface area contributed by atoms with Crippen molar-refractivity contribution in [2.75, 3.05) is 22.4 Å². The second-order valence-electron chi connectivity index (χ2n) is 4.19. The molecular formula is C12H8Cl2N4O2S2. The van der Waals surface area contributed by atoms with E-state index in [1.165, 1.54) is 22.7 Å². The quantitative estimate of drug-likeness (QED) is 0.686. The number of rotatable bonds is 4. The molecule has 2 N–H and O–H groups in total. The fourth-order valence-electron chi connectivity index (χ4n) is 1.76. The number of hydrogen-bond donors (Lipinski definition) is 2. The average Bonchev–Trinajstić information content (AvgIpc) is 3.05. The van der Waals surface area contributed by atoms with Crippen LogP contribution in [0, 0.1) is 0 Å². The zero-order valence-electron chi connectivity index (χ0n) is 10.9. The normalized spacial score (nSPS) is 11.0. The van der Waals surface area contributed by atoms with Gasteiger partial charge in [-0.3, -0.25) is 9.59 Å². The highest BCUT2D eigenvalue weighted by Crippen LogP contribution is 2.33. The number of amides is 2. The van der Waals surface area contributed by atoms with Gasteiger partial charge in [0.05, 0.1) is 20.4 Å². The number of fused-ring (bicyclic) bond motifs is 2. The minimum Gasteiger partial charge on any atom is -0.301 e. The Morgan fingerprint density at radius 3 is 1.68 bits per heavy atom. The van der Waals surface area contributed by atoms with Crippen molar-refractivity contribution in [2.45, 2.75) is 0 Å². The molecule has 2 amide bonds. The molecule has 6 nitrogen and oxygen atoms in total. The fourth-order valence-corrected chi connectivity index (χ4v) is 3.69. The number of thiazole rings is 2. The molecule has 3 rings (SSSR count). The molecule has 2 heterocycles. The molecule has 0 atom stereocenters. The van der Waals surface area contributed by atoms with E-state index in [1.54, 1.807) is 0 Å². The number of alkyl halides is 2. The largest absolute Gasteiger partial charge is 0.301 e. The Hall–Kier alpha value is -1.48. The number of hydrogen-bond acceptors (Lipinski definition) is 6. The highest BCUT2D eigenvalue weighted by atomic mass is 35.5. The lowest BCUT2D eigenvalue weighted by molar-refractivity contribution is -0.114. The van der Waals surface area contributed by atoms with Crippen LogP contribution in [0.5, 0.6) is 0 Å². The summed E-state index contributed by atoms with van der Waals surface area (Å²) in [4.78, 5) is 31.2. The van der Waals surface area contributed by atoms with Gasteiger partial charge in [-0.1, -0.05) is 22.7 Å². The molecule has 0 aliphatic rings. The maximum absolute atomic E-state index is 11.3. The number of aromatic nitrogens is 2. The molecule has 3 aromatic rings. The molecular weight excluding hydrogens is 367 g/mol. The molecule has 0 saturated heterocycles. The SMILES string of the molecule is O=C(CCl)Nc1nc2cc3sc(NC(=O)CCl)nc3cc2s1. The lowest BCUT2D eigenvalue weighted by atomic mass is 10.3. The molecule has 0 saturated carbocycles. The molecule has 0 unspecified atom stereocenters. The highest BCUT2D eigenvalue weighted by molar-refractivity contribution is 7.23. The Kier molecular flexibility index (Phi) is 4.44. The van der Waals surface area contributed by atoms with E-state index in [4.69, 9.17) is 23.2 Å². The van der Waals surface area contributed by atoms with Crippen molar-refractivity contribution in [2.24, 2.45) is 0 Å². The topological polar surface area (TPSA) is 84.0 Å². The predicted octanol–water partition coefficient (Wildman–Crippen LogP) is 3.26. The van der Waals surface area contributed by atoms with Crippen LogP contribution in [0.1, 0.15) is 0 Å². The van der Waals surface area contributed by atoms with Gasteiger partial charge in [0, 0.05) is 0 Å². The van der Waals surface area contributed by atoms with Crippen molar-refractivity contribution in [3.63, 3.8) is 0 Å². The predicted molar refractivity (Wildman–Crippen MR) is 91.5 cm³/mol. The minimum atomic E-state index is -0.299. The molecule has 0 bridgehead atoms. The van der Waals surface area contributed by atoms with Crippen LogP contribution in [-0.2, 0) is 9.59 Å². The third-order valence-corrected chi connectivity index (χ3v) is 4.99. The summed E-state index contributed by atoms with van der Waals surface area (Å²) < 4.78 is 1.77. The zero-order valence-corrected chi connectivity index (χ0v) is 14.0. The molecule has 2 aromatic heterocycles. The first-order valence-corrected chi connectivity index (χ1v) is 8.72. The van der Waals surface area contributed by atoms with Gasteiger partial charge in [0.2, 0.25) is 11.8 Å². The van der Waals surface area contributed by atoms with Gasteiger partial charge in [-0.15, -0.1) is 23.2 Å². The Labute approximate surface area is 142 Å². The number of nitrogens with one attached hydrogen (secondary N) is 2. The molecule has 1 aromatic carbocycles. The van der Waals surface area contributed by atoms with Crippen molar-refractivity contribution in [1.82, 2.24) is 9.97 Å². The first kappa shape index (κ1) is 15.4. The van der Waals surface area contributed by atoms with Gasteiger partial charge in [-0.25, -0.2) is 9.97 Å².